The molecule has 1 rings (SSSR count). The lowest BCUT2D eigenvalue weighted by molar-refractivity contribution is 0.721. The van der Waals surface area contributed by atoms with Gasteiger partial charge in [0.25, 0.3) is 0 Å². The second-order valence-corrected chi connectivity index (χ2v) is 4.88. The Morgan fingerprint density at radius 2 is 1.72 bits per heavy atom. The van der Waals surface area contributed by atoms with Crippen LogP contribution >= 0.6 is 0 Å². The lowest BCUT2D eigenvalue weighted by Crippen LogP contribution is -2.25. The van der Waals surface area contributed by atoms with Crippen molar-refractivity contribution in [1.82, 2.24) is 5.32 Å². The minimum Gasteiger partial charge on any atom is -0.372 e. The SMILES string of the molecule is CCCN(CCC)c1ccc(CNCC)c(C)c1. The van der Waals surface area contributed by atoms with Gasteiger partial charge in [0.15, 0.2) is 0 Å². The van der Waals surface area contributed by atoms with Crippen molar-refractivity contribution in [3.05, 3.63) is 29.3 Å². The fourth-order valence-electron chi connectivity index (χ4n) is 2.24. The van der Waals surface area contributed by atoms with Gasteiger partial charge < -0.3 is 10.2 Å². The minimum absolute atomic E-state index is 0.976. The number of hydrogen-bond donors (Lipinski definition) is 1. The highest BCUT2D eigenvalue weighted by molar-refractivity contribution is 5.50. The van der Waals surface area contributed by atoms with Crippen LogP contribution in [0.1, 0.15) is 44.7 Å². The molecule has 0 radical (unpaired) electrons. The van der Waals surface area contributed by atoms with Gasteiger partial charge in [-0.2, -0.15) is 0 Å². The molecule has 0 atom stereocenters. The molecule has 0 aliphatic heterocycles. The van der Waals surface area contributed by atoms with E-state index in [0.29, 0.717) is 0 Å². The molecule has 0 fully saturated rings. The van der Waals surface area contributed by atoms with Crippen LogP contribution in [0.25, 0.3) is 0 Å². The Bertz CT molecular complexity index is 341. The zero-order valence-corrected chi connectivity index (χ0v) is 12.4. The smallest absolute Gasteiger partial charge is 0.0369 e. The van der Waals surface area contributed by atoms with E-state index in [-0.39, 0.29) is 0 Å². The van der Waals surface area contributed by atoms with E-state index in [1.165, 1.54) is 29.7 Å². The molecule has 0 bridgehead atoms. The highest BCUT2D eigenvalue weighted by Gasteiger charge is 2.06. The first kappa shape index (κ1) is 15.0. The molecule has 0 amide bonds. The summed E-state index contributed by atoms with van der Waals surface area (Å²) in [6.45, 7) is 13.2. The van der Waals surface area contributed by atoms with E-state index in [1.807, 2.05) is 0 Å². The molecule has 102 valence electrons. The molecule has 2 nitrogen and oxygen atoms in total. The molecule has 1 aromatic rings. The lowest BCUT2D eigenvalue weighted by Gasteiger charge is -2.24. The summed E-state index contributed by atoms with van der Waals surface area (Å²) >= 11 is 0. The third kappa shape index (κ3) is 4.34. The molecule has 0 aliphatic rings. The number of nitrogens with one attached hydrogen (secondary N) is 1. The second-order valence-electron chi connectivity index (χ2n) is 4.88. The van der Waals surface area contributed by atoms with Crippen LogP contribution in [0, 0.1) is 6.92 Å². The molecular weight excluding hydrogens is 220 g/mol. The van der Waals surface area contributed by atoms with E-state index < -0.39 is 0 Å². The topological polar surface area (TPSA) is 15.3 Å². The summed E-state index contributed by atoms with van der Waals surface area (Å²) in [6, 6.07) is 6.87. The molecule has 0 heterocycles. The molecule has 0 aliphatic carbocycles. The fraction of sp³-hybridized carbons (Fsp3) is 0.625. The van der Waals surface area contributed by atoms with Crippen molar-refractivity contribution in [3.8, 4) is 0 Å². The molecule has 0 spiro atoms. The maximum atomic E-state index is 3.39. The van der Waals surface area contributed by atoms with Gasteiger partial charge >= 0.3 is 0 Å². The summed E-state index contributed by atoms with van der Waals surface area (Å²) in [7, 11) is 0. The van der Waals surface area contributed by atoms with Crippen molar-refractivity contribution in [2.75, 3.05) is 24.5 Å². The Kier molecular flexibility index (Phi) is 6.81. The van der Waals surface area contributed by atoms with E-state index in [1.54, 1.807) is 0 Å². The first-order valence-electron chi connectivity index (χ1n) is 7.28. The van der Waals surface area contributed by atoms with Gasteiger partial charge in [-0.25, -0.2) is 0 Å². The van der Waals surface area contributed by atoms with Gasteiger partial charge in [-0.15, -0.1) is 0 Å². The van der Waals surface area contributed by atoms with Gasteiger partial charge in [0.1, 0.15) is 0 Å². The van der Waals surface area contributed by atoms with Gasteiger partial charge in [0.2, 0.25) is 0 Å². The molecule has 0 saturated heterocycles. The highest BCUT2D eigenvalue weighted by Crippen LogP contribution is 2.20. The molecule has 0 aromatic heterocycles. The molecule has 0 saturated carbocycles. The number of aryl methyl sites for hydroxylation is 1. The summed E-state index contributed by atoms with van der Waals surface area (Å²) in [5.41, 5.74) is 4.18. The molecule has 2 heteroatoms. The van der Waals surface area contributed by atoms with Gasteiger partial charge in [-0.1, -0.05) is 26.8 Å². The minimum atomic E-state index is 0.976. The van der Waals surface area contributed by atoms with Crippen LogP contribution in [-0.2, 0) is 6.54 Å². The summed E-state index contributed by atoms with van der Waals surface area (Å²) in [5.74, 6) is 0. The van der Waals surface area contributed by atoms with E-state index in [4.69, 9.17) is 0 Å². The molecular formula is C16H28N2. The van der Waals surface area contributed by atoms with Crippen LogP contribution in [0.5, 0.6) is 0 Å². The summed E-state index contributed by atoms with van der Waals surface area (Å²) in [6.07, 6.45) is 2.41. The van der Waals surface area contributed by atoms with Crippen molar-refractivity contribution in [1.29, 1.82) is 0 Å². The van der Waals surface area contributed by atoms with Crippen molar-refractivity contribution in [2.45, 2.75) is 47.1 Å². The highest BCUT2D eigenvalue weighted by atomic mass is 15.1. The van der Waals surface area contributed by atoms with E-state index in [9.17, 15) is 0 Å². The van der Waals surface area contributed by atoms with Crippen molar-refractivity contribution >= 4 is 5.69 Å². The fourth-order valence-corrected chi connectivity index (χ4v) is 2.24. The summed E-state index contributed by atoms with van der Waals surface area (Å²) < 4.78 is 0. The zero-order chi connectivity index (χ0) is 13.4. The summed E-state index contributed by atoms with van der Waals surface area (Å²) in [4.78, 5) is 2.49. The predicted octanol–water partition coefficient (Wildman–Crippen LogP) is 3.73. The standard InChI is InChI=1S/C16H28N2/c1-5-10-18(11-6-2)16-9-8-15(13-17-7-3)14(4)12-16/h8-9,12,17H,5-7,10-11,13H2,1-4H3. The Hall–Kier alpha value is -1.02. The number of benzene rings is 1. The quantitative estimate of drug-likeness (QED) is 0.754. The first-order valence-corrected chi connectivity index (χ1v) is 7.28. The number of rotatable bonds is 8. The van der Waals surface area contributed by atoms with Gasteiger partial charge in [-0.3, -0.25) is 0 Å². The van der Waals surface area contributed by atoms with Crippen LogP contribution in [0.3, 0.4) is 0 Å². The average Bonchev–Trinajstić information content (AvgIpc) is 2.37. The third-order valence-corrected chi connectivity index (χ3v) is 3.24. The molecule has 1 aromatic carbocycles. The van der Waals surface area contributed by atoms with Gasteiger partial charge in [0, 0.05) is 25.3 Å². The predicted molar refractivity (Wildman–Crippen MR) is 81.4 cm³/mol. The maximum Gasteiger partial charge on any atom is 0.0369 e. The first-order chi connectivity index (χ1) is 8.72. The largest absolute Gasteiger partial charge is 0.372 e. The zero-order valence-electron chi connectivity index (χ0n) is 12.4. The Morgan fingerprint density at radius 1 is 1.06 bits per heavy atom. The van der Waals surface area contributed by atoms with Crippen LogP contribution in [-0.4, -0.2) is 19.6 Å². The van der Waals surface area contributed by atoms with E-state index in [0.717, 1.165) is 26.2 Å². The Morgan fingerprint density at radius 3 is 2.22 bits per heavy atom. The Labute approximate surface area is 112 Å². The normalized spacial score (nSPS) is 10.7. The molecule has 1 N–H and O–H groups in total. The summed E-state index contributed by atoms with van der Waals surface area (Å²) in [5, 5.41) is 3.39. The van der Waals surface area contributed by atoms with Gasteiger partial charge in [0.05, 0.1) is 0 Å². The van der Waals surface area contributed by atoms with Crippen molar-refractivity contribution < 1.29 is 0 Å². The molecule has 18 heavy (non-hydrogen) atoms. The number of nitrogens with zero attached hydrogens (tertiary/aromatic N) is 1. The van der Waals surface area contributed by atoms with Gasteiger partial charge in [-0.05, 0) is 49.6 Å². The van der Waals surface area contributed by atoms with Crippen molar-refractivity contribution in [2.24, 2.45) is 0 Å². The Balaban J connectivity index is 2.79. The lowest BCUT2D eigenvalue weighted by atomic mass is 10.1. The third-order valence-electron chi connectivity index (χ3n) is 3.24. The van der Waals surface area contributed by atoms with Crippen LogP contribution in [0.2, 0.25) is 0 Å². The second kappa shape index (κ2) is 8.15. The van der Waals surface area contributed by atoms with Crippen LogP contribution in [0.15, 0.2) is 18.2 Å². The number of hydrogen-bond acceptors (Lipinski definition) is 2. The molecule has 0 unspecified atom stereocenters. The van der Waals surface area contributed by atoms with Crippen LogP contribution < -0.4 is 10.2 Å². The maximum absolute atomic E-state index is 3.39. The average molecular weight is 248 g/mol. The van der Waals surface area contributed by atoms with E-state index >= 15 is 0 Å². The number of anilines is 1. The van der Waals surface area contributed by atoms with Crippen molar-refractivity contribution in [3.63, 3.8) is 0 Å². The van der Waals surface area contributed by atoms with E-state index in [2.05, 4.69) is 56.1 Å². The monoisotopic (exact) mass is 248 g/mol. The van der Waals surface area contributed by atoms with Crippen LogP contribution in [0.4, 0.5) is 5.69 Å².